The van der Waals surface area contributed by atoms with Gasteiger partial charge < -0.3 is 5.73 Å². The zero-order valence-electron chi connectivity index (χ0n) is 16.9. The Morgan fingerprint density at radius 2 is 1.14 bits per heavy atom. The summed E-state index contributed by atoms with van der Waals surface area (Å²) in [5.41, 5.74) is 10.6. The molecular weight excluding hydrogens is 392 g/mol. The molecule has 4 heteroatoms. The number of aromatic nitrogens is 1. The van der Waals surface area contributed by atoms with Crippen molar-refractivity contribution in [2.24, 2.45) is 5.73 Å². The van der Waals surface area contributed by atoms with E-state index in [2.05, 4.69) is 108 Å². The molecule has 1 aromatic heterocycles. The van der Waals surface area contributed by atoms with Crippen molar-refractivity contribution in [2.75, 3.05) is 19.1 Å². The lowest BCUT2D eigenvalue weighted by atomic mass is 10.1. The summed E-state index contributed by atoms with van der Waals surface area (Å²) in [7, 11) is 0. The van der Waals surface area contributed by atoms with Crippen molar-refractivity contribution >= 4 is 47.8 Å². The Kier molecular flexibility index (Phi) is 8.17. The van der Waals surface area contributed by atoms with Crippen molar-refractivity contribution in [3.63, 3.8) is 0 Å². The van der Waals surface area contributed by atoms with E-state index in [0.717, 1.165) is 17.9 Å². The van der Waals surface area contributed by atoms with Crippen molar-refractivity contribution in [3.8, 4) is 0 Å². The average molecular weight is 420 g/mol. The number of thioether (sulfide) groups is 2. The molecule has 0 radical (unpaired) electrons. The minimum absolute atomic E-state index is 0.598. The van der Waals surface area contributed by atoms with Crippen molar-refractivity contribution < 1.29 is 4.57 Å². The fraction of sp³-hybridized carbons (Fsp3) is 0.160. The quantitative estimate of drug-likeness (QED) is 0.374. The van der Waals surface area contributed by atoms with Crippen LogP contribution in [0.5, 0.6) is 0 Å². The van der Waals surface area contributed by atoms with Crippen molar-refractivity contribution in [1.29, 1.82) is 0 Å². The van der Waals surface area contributed by atoms with Crippen LogP contribution in [0.1, 0.15) is 22.5 Å². The molecule has 0 amide bonds. The number of nitrogens with zero attached hydrogens (tertiary/aromatic N) is 1. The second kappa shape index (κ2) is 11.1. The third-order valence-corrected chi connectivity index (χ3v) is 6.12. The predicted octanol–water partition coefficient (Wildman–Crippen LogP) is 5.72. The molecule has 0 aliphatic carbocycles. The summed E-state index contributed by atoms with van der Waals surface area (Å²) in [6.07, 6.45) is 12.8. The Morgan fingerprint density at radius 3 is 1.52 bits per heavy atom. The van der Waals surface area contributed by atoms with E-state index in [-0.39, 0.29) is 0 Å². The van der Waals surface area contributed by atoms with Crippen molar-refractivity contribution in [2.45, 2.75) is 16.3 Å². The van der Waals surface area contributed by atoms with Gasteiger partial charge in [0.15, 0.2) is 6.54 Å². The predicted molar refractivity (Wildman–Crippen MR) is 130 cm³/mol. The Balaban J connectivity index is 1.85. The van der Waals surface area contributed by atoms with E-state index in [4.69, 9.17) is 5.73 Å². The molecular formula is C25H27N2S2+. The Hall–Kier alpha value is -2.27. The van der Waals surface area contributed by atoms with Gasteiger partial charge in [0.1, 0.15) is 0 Å². The van der Waals surface area contributed by atoms with Crippen LogP contribution in [-0.2, 0) is 6.54 Å². The maximum Gasteiger partial charge on any atom is 0.205 e. The highest BCUT2D eigenvalue weighted by molar-refractivity contribution is 7.98. The molecule has 2 aromatic carbocycles. The van der Waals surface area contributed by atoms with Gasteiger partial charge in [0, 0.05) is 34.1 Å². The largest absolute Gasteiger partial charge is 0.325 e. The van der Waals surface area contributed by atoms with E-state index >= 15 is 0 Å². The molecule has 2 nitrogen and oxygen atoms in total. The van der Waals surface area contributed by atoms with Crippen LogP contribution >= 0.6 is 23.5 Å². The first-order valence-corrected chi connectivity index (χ1v) is 12.1. The molecule has 0 atom stereocenters. The first kappa shape index (κ1) is 21.4. The normalized spacial score (nSPS) is 11.6. The van der Waals surface area contributed by atoms with Gasteiger partial charge in [-0.05, 0) is 66.1 Å². The minimum atomic E-state index is 0.598. The molecule has 0 saturated carbocycles. The number of rotatable bonds is 8. The number of nitrogens with two attached hydrogens (primary N) is 1. The van der Waals surface area contributed by atoms with Gasteiger partial charge in [-0.3, -0.25) is 0 Å². The number of hydrogen-bond donors (Lipinski definition) is 1. The summed E-state index contributed by atoms with van der Waals surface area (Å²) < 4.78 is 2.26. The van der Waals surface area contributed by atoms with E-state index in [1.54, 1.807) is 23.5 Å². The molecule has 0 saturated heterocycles. The summed E-state index contributed by atoms with van der Waals surface area (Å²) in [6.45, 7) is 1.37. The van der Waals surface area contributed by atoms with Gasteiger partial charge in [0.05, 0.1) is 6.54 Å². The van der Waals surface area contributed by atoms with Gasteiger partial charge in [0.2, 0.25) is 11.4 Å². The molecule has 0 fully saturated rings. The number of hydrogen-bond acceptors (Lipinski definition) is 3. The topological polar surface area (TPSA) is 29.9 Å². The van der Waals surface area contributed by atoms with Crippen LogP contribution < -0.4 is 10.3 Å². The molecule has 0 unspecified atom stereocenters. The highest BCUT2D eigenvalue weighted by atomic mass is 32.2. The van der Waals surface area contributed by atoms with E-state index in [1.807, 2.05) is 0 Å². The van der Waals surface area contributed by atoms with E-state index in [1.165, 1.54) is 20.9 Å². The van der Waals surface area contributed by atoms with E-state index < -0.39 is 0 Å². The first-order valence-electron chi connectivity index (χ1n) is 9.60. The van der Waals surface area contributed by atoms with Gasteiger partial charge in [-0.25, -0.2) is 0 Å². The monoisotopic (exact) mass is 419 g/mol. The molecule has 0 bridgehead atoms. The second-order valence-electron chi connectivity index (χ2n) is 6.53. The Morgan fingerprint density at radius 1 is 0.690 bits per heavy atom. The average Bonchev–Trinajstić information content (AvgIpc) is 2.78. The standard InChI is InChI=1S/C25H27N2S2/c1-28-24-14-8-20(9-15-24)6-12-22-4-3-5-23(27(22)19-18-26)13-7-21-10-16-25(29-2)17-11-21/h3-17H,18-19,26H2,1-2H3/q+1/b12-6+,13-7+. The number of pyridine rings is 1. The van der Waals surface area contributed by atoms with E-state index in [9.17, 15) is 0 Å². The summed E-state index contributed by atoms with van der Waals surface area (Å²) in [6, 6.07) is 23.6. The maximum absolute atomic E-state index is 5.90. The van der Waals surface area contributed by atoms with Crippen molar-refractivity contribution in [1.82, 2.24) is 0 Å². The van der Waals surface area contributed by atoms with Crippen LogP contribution in [0.25, 0.3) is 24.3 Å². The van der Waals surface area contributed by atoms with Crippen molar-refractivity contribution in [3.05, 3.63) is 89.2 Å². The zero-order valence-corrected chi connectivity index (χ0v) is 18.5. The van der Waals surface area contributed by atoms with E-state index in [0.29, 0.717) is 6.54 Å². The van der Waals surface area contributed by atoms with Crippen LogP contribution in [0.15, 0.2) is 76.5 Å². The Bertz CT molecular complexity index is 899. The minimum Gasteiger partial charge on any atom is -0.325 e. The fourth-order valence-electron chi connectivity index (χ4n) is 3.05. The lowest BCUT2D eigenvalue weighted by molar-refractivity contribution is -0.697. The third kappa shape index (κ3) is 6.10. The smallest absolute Gasteiger partial charge is 0.205 e. The SMILES string of the molecule is CSc1ccc(/C=C/c2cccc(/C=C/c3ccc(SC)cc3)[n+]2CCN)cc1. The van der Waals surface area contributed by atoms with Crippen LogP contribution in [0, 0.1) is 0 Å². The van der Waals surface area contributed by atoms with Crippen LogP contribution in [0.2, 0.25) is 0 Å². The molecule has 1 heterocycles. The molecule has 2 N–H and O–H groups in total. The van der Waals surface area contributed by atoms with Crippen LogP contribution in [0.4, 0.5) is 0 Å². The third-order valence-electron chi connectivity index (χ3n) is 4.63. The highest BCUT2D eigenvalue weighted by Crippen LogP contribution is 2.17. The van der Waals surface area contributed by atoms with Gasteiger partial charge in [-0.1, -0.05) is 24.3 Å². The second-order valence-corrected chi connectivity index (χ2v) is 8.29. The molecule has 148 valence electrons. The maximum atomic E-state index is 5.90. The van der Waals surface area contributed by atoms with Gasteiger partial charge >= 0.3 is 0 Å². The zero-order chi connectivity index (χ0) is 20.5. The molecule has 3 aromatic rings. The molecule has 0 aliphatic rings. The fourth-order valence-corrected chi connectivity index (χ4v) is 3.86. The summed E-state index contributed by atoms with van der Waals surface area (Å²) in [4.78, 5) is 2.55. The molecule has 3 rings (SSSR count). The molecule has 29 heavy (non-hydrogen) atoms. The van der Waals surface area contributed by atoms with Gasteiger partial charge in [-0.15, -0.1) is 23.5 Å². The highest BCUT2D eigenvalue weighted by Gasteiger charge is 2.11. The molecule has 0 spiro atoms. The van der Waals surface area contributed by atoms with Crippen LogP contribution in [0.3, 0.4) is 0 Å². The van der Waals surface area contributed by atoms with Gasteiger partial charge in [-0.2, -0.15) is 4.57 Å². The first-order chi connectivity index (χ1) is 14.2. The summed E-state index contributed by atoms with van der Waals surface area (Å²) >= 11 is 3.52. The Labute approximate surface area is 182 Å². The van der Waals surface area contributed by atoms with Gasteiger partial charge in [0.25, 0.3) is 0 Å². The lowest BCUT2D eigenvalue weighted by Crippen LogP contribution is -2.43. The molecule has 0 aliphatic heterocycles. The summed E-state index contributed by atoms with van der Waals surface area (Å²) in [5, 5.41) is 0. The lowest BCUT2D eigenvalue weighted by Gasteiger charge is -2.04. The number of benzene rings is 2. The van der Waals surface area contributed by atoms with Crippen LogP contribution in [-0.4, -0.2) is 19.1 Å². The summed E-state index contributed by atoms with van der Waals surface area (Å²) in [5.74, 6) is 0.